The first-order valence-electron chi connectivity index (χ1n) is 7.55. The summed E-state index contributed by atoms with van der Waals surface area (Å²) < 4.78 is 0. The van der Waals surface area contributed by atoms with Gasteiger partial charge in [0.1, 0.15) is 0 Å². The second kappa shape index (κ2) is 4.97. The van der Waals surface area contributed by atoms with E-state index in [0.29, 0.717) is 6.54 Å². The largest absolute Gasteiger partial charge is 0.385 e. The molecule has 0 amide bonds. The fourth-order valence-corrected chi connectivity index (χ4v) is 3.79. The first-order valence-corrected chi connectivity index (χ1v) is 7.55. The van der Waals surface area contributed by atoms with Gasteiger partial charge in [-0.15, -0.1) is 0 Å². The standard InChI is InChI=1S/C19H23NO/c1-14-7-3-6-10-17(14)18(2,21)19(13-20)11-15-8-4-5-9-16(15)12-19/h3-10,21H,11-13,20H2,1-2H3. The molecular weight excluding hydrogens is 258 g/mol. The number of fused-ring (bicyclic) bond motifs is 1. The molecule has 0 heterocycles. The van der Waals surface area contributed by atoms with E-state index in [1.807, 2.05) is 25.1 Å². The van der Waals surface area contributed by atoms with Gasteiger partial charge in [0.15, 0.2) is 0 Å². The lowest BCUT2D eigenvalue weighted by Crippen LogP contribution is -2.49. The second-order valence-corrected chi connectivity index (χ2v) is 6.49. The molecule has 0 radical (unpaired) electrons. The van der Waals surface area contributed by atoms with Crippen molar-refractivity contribution >= 4 is 0 Å². The van der Waals surface area contributed by atoms with E-state index in [9.17, 15) is 5.11 Å². The van der Waals surface area contributed by atoms with Gasteiger partial charge >= 0.3 is 0 Å². The van der Waals surface area contributed by atoms with Crippen molar-refractivity contribution in [2.75, 3.05) is 6.54 Å². The molecule has 110 valence electrons. The lowest BCUT2D eigenvalue weighted by atomic mass is 9.66. The zero-order chi connectivity index (χ0) is 15.1. The Balaban J connectivity index is 2.07. The molecule has 0 aliphatic heterocycles. The summed E-state index contributed by atoms with van der Waals surface area (Å²) in [4.78, 5) is 0. The molecule has 1 unspecified atom stereocenters. The van der Waals surface area contributed by atoms with Crippen molar-refractivity contribution in [3.05, 3.63) is 70.8 Å². The van der Waals surface area contributed by atoms with Gasteiger partial charge in [-0.05, 0) is 48.9 Å². The van der Waals surface area contributed by atoms with Crippen LogP contribution < -0.4 is 5.73 Å². The van der Waals surface area contributed by atoms with E-state index in [-0.39, 0.29) is 5.41 Å². The molecule has 2 aromatic rings. The maximum Gasteiger partial charge on any atom is 0.0945 e. The van der Waals surface area contributed by atoms with Gasteiger partial charge in [0.25, 0.3) is 0 Å². The van der Waals surface area contributed by atoms with E-state index in [1.165, 1.54) is 11.1 Å². The Kier molecular flexibility index (Phi) is 3.39. The van der Waals surface area contributed by atoms with Gasteiger partial charge in [-0.2, -0.15) is 0 Å². The monoisotopic (exact) mass is 281 g/mol. The van der Waals surface area contributed by atoms with Crippen molar-refractivity contribution in [1.82, 2.24) is 0 Å². The van der Waals surface area contributed by atoms with E-state index in [2.05, 4.69) is 37.3 Å². The van der Waals surface area contributed by atoms with E-state index < -0.39 is 5.60 Å². The quantitative estimate of drug-likeness (QED) is 0.908. The summed E-state index contributed by atoms with van der Waals surface area (Å²) in [5.41, 5.74) is 9.63. The van der Waals surface area contributed by atoms with Crippen LogP contribution in [0.1, 0.15) is 29.2 Å². The van der Waals surface area contributed by atoms with Gasteiger partial charge in [0, 0.05) is 12.0 Å². The van der Waals surface area contributed by atoms with Crippen molar-refractivity contribution in [2.45, 2.75) is 32.3 Å². The highest BCUT2D eigenvalue weighted by atomic mass is 16.3. The van der Waals surface area contributed by atoms with Crippen LogP contribution in [0, 0.1) is 12.3 Å². The number of aliphatic hydroxyl groups is 1. The predicted molar refractivity (Wildman–Crippen MR) is 86.1 cm³/mol. The molecule has 1 aliphatic carbocycles. The highest BCUT2D eigenvalue weighted by Gasteiger charge is 2.50. The van der Waals surface area contributed by atoms with Crippen molar-refractivity contribution < 1.29 is 5.11 Å². The van der Waals surface area contributed by atoms with Crippen LogP contribution in [0.25, 0.3) is 0 Å². The molecule has 2 heteroatoms. The predicted octanol–water partition coefficient (Wildman–Crippen LogP) is 2.95. The van der Waals surface area contributed by atoms with E-state index >= 15 is 0 Å². The Bertz CT molecular complexity index is 635. The third-order valence-electron chi connectivity index (χ3n) is 5.27. The van der Waals surface area contributed by atoms with Gasteiger partial charge in [-0.1, -0.05) is 48.5 Å². The summed E-state index contributed by atoms with van der Waals surface area (Å²) in [6.45, 7) is 4.45. The van der Waals surface area contributed by atoms with Gasteiger partial charge < -0.3 is 10.8 Å². The van der Waals surface area contributed by atoms with Crippen LogP contribution in [-0.4, -0.2) is 11.7 Å². The van der Waals surface area contributed by atoms with Crippen molar-refractivity contribution in [2.24, 2.45) is 11.1 Å². The Labute approximate surface area is 126 Å². The number of rotatable bonds is 3. The Morgan fingerprint density at radius 2 is 1.57 bits per heavy atom. The lowest BCUT2D eigenvalue weighted by molar-refractivity contribution is -0.0680. The number of hydrogen-bond donors (Lipinski definition) is 2. The number of aryl methyl sites for hydroxylation is 1. The minimum Gasteiger partial charge on any atom is -0.385 e. The maximum atomic E-state index is 11.4. The second-order valence-electron chi connectivity index (χ2n) is 6.49. The average Bonchev–Trinajstić information content (AvgIpc) is 2.88. The minimum absolute atomic E-state index is 0.331. The summed E-state index contributed by atoms with van der Waals surface area (Å²) in [5.74, 6) is 0. The summed E-state index contributed by atoms with van der Waals surface area (Å²) in [5, 5.41) is 11.4. The van der Waals surface area contributed by atoms with Crippen LogP contribution in [0.15, 0.2) is 48.5 Å². The third kappa shape index (κ3) is 2.10. The van der Waals surface area contributed by atoms with Crippen molar-refractivity contribution in [3.63, 3.8) is 0 Å². The van der Waals surface area contributed by atoms with Crippen LogP contribution in [0.2, 0.25) is 0 Å². The fourth-order valence-electron chi connectivity index (χ4n) is 3.79. The van der Waals surface area contributed by atoms with Crippen molar-refractivity contribution in [1.29, 1.82) is 0 Å². The van der Waals surface area contributed by atoms with Gasteiger partial charge in [0.2, 0.25) is 0 Å². The molecule has 1 atom stereocenters. The minimum atomic E-state index is -0.938. The number of benzene rings is 2. The molecule has 21 heavy (non-hydrogen) atoms. The molecule has 0 aromatic heterocycles. The van der Waals surface area contributed by atoms with Crippen LogP contribution in [0.5, 0.6) is 0 Å². The van der Waals surface area contributed by atoms with E-state index in [4.69, 9.17) is 5.73 Å². The molecule has 0 spiro atoms. The van der Waals surface area contributed by atoms with E-state index in [0.717, 1.165) is 24.0 Å². The Morgan fingerprint density at radius 3 is 2.10 bits per heavy atom. The van der Waals surface area contributed by atoms with Crippen LogP contribution in [0.4, 0.5) is 0 Å². The number of nitrogens with two attached hydrogens (primary N) is 1. The van der Waals surface area contributed by atoms with Crippen LogP contribution >= 0.6 is 0 Å². The fraction of sp³-hybridized carbons (Fsp3) is 0.368. The van der Waals surface area contributed by atoms with Crippen LogP contribution in [-0.2, 0) is 18.4 Å². The summed E-state index contributed by atoms with van der Waals surface area (Å²) in [6, 6.07) is 16.5. The summed E-state index contributed by atoms with van der Waals surface area (Å²) >= 11 is 0. The summed E-state index contributed by atoms with van der Waals surface area (Å²) in [7, 11) is 0. The Hall–Kier alpha value is -1.64. The molecule has 3 N–H and O–H groups in total. The first-order chi connectivity index (χ1) is 10.00. The molecule has 3 rings (SSSR count). The molecule has 2 aromatic carbocycles. The van der Waals surface area contributed by atoms with Crippen LogP contribution in [0.3, 0.4) is 0 Å². The number of hydrogen-bond acceptors (Lipinski definition) is 2. The topological polar surface area (TPSA) is 46.2 Å². The van der Waals surface area contributed by atoms with Gasteiger partial charge in [-0.3, -0.25) is 0 Å². The normalized spacial score (nSPS) is 19.0. The maximum absolute atomic E-state index is 11.4. The smallest absolute Gasteiger partial charge is 0.0945 e. The lowest BCUT2D eigenvalue weighted by Gasteiger charge is -2.43. The first kappa shape index (κ1) is 14.3. The van der Waals surface area contributed by atoms with Crippen molar-refractivity contribution in [3.8, 4) is 0 Å². The highest BCUT2D eigenvalue weighted by molar-refractivity contribution is 5.40. The molecule has 2 nitrogen and oxygen atoms in total. The molecule has 0 bridgehead atoms. The zero-order valence-corrected chi connectivity index (χ0v) is 12.8. The van der Waals surface area contributed by atoms with Gasteiger partial charge in [0.05, 0.1) is 5.60 Å². The molecule has 0 saturated carbocycles. The molecule has 1 aliphatic rings. The molecular formula is C19H23NO. The molecule has 0 saturated heterocycles. The zero-order valence-electron chi connectivity index (χ0n) is 12.8. The van der Waals surface area contributed by atoms with E-state index in [1.54, 1.807) is 0 Å². The third-order valence-corrected chi connectivity index (χ3v) is 5.27. The SMILES string of the molecule is Cc1ccccc1C(C)(O)C1(CN)Cc2ccccc2C1. The summed E-state index contributed by atoms with van der Waals surface area (Å²) in [6.07, 6.45) is 1.67. The Morgan fingerprint density at radius 1 is 1.05 bits per heavy atom. The molecule has 0 fully saturated rings. The average molecular weight is 281 g/mol. The highest BCUT2D eigenvalue weighted by Crippen LogP contribution is 2.49. The van der Waals surface area contributed by atoms with Gasteiger partial charge in [-0.25, -0.2) is 0 Å².